The zero-order chi connectivity index (χ0) is 6.85. The number of aromatic nitrogens is 2. The van der Waals surface area contributed by atoms with Crippen molar-refractivity contribution in [3.8, 4) is 0 Å². The highest BCUT2D eigenvalue weighted by Gasteiger charge is 2.18. The van der Waals surface area contributed by atoms with E-state index in [2.05, 4.69) is 14.9 Å². The van der Waals surface area contributed by atoms with E-state index in [9.17, 15) is 10.1 Å². The van der Waals surface area contributed by atoms with E-state index in [-0.39, 0.29) is 9.52 Å². The minimum absolute atomic E-state index is 0.164. The highest BCUT2D eigenvalue weighted by Crippen LogP contribution is 2.13. The Hall–Kier alpha value is -0.730. The summed E-state index contributed by atoms with van der Waals surface area (Å²) < 4.78 is 4.22. The summed E-state index contributed by atoms with van der Waals surface area (Å²) in [7, 11) is 0. The van der Waals surface area contributed by atoms with Crippen molar-refractivity contribution in [2.24, 2.45) is 0 Å². The summed E-state index contributed by atoms with van der Waals surface area (Å²) in [5.41, 5.74) is 0. The van der Waals surface area contributed by atoms with Crippen LogP contribution in [0.15, 0.2) is 4.63 Å². The van der Waals surface area contributed by atoms with Crippen LogP contribution in [-0.4, -0.2) is 15.2 Å². The quantitative estimate of drug-likeness (QED) is 0.408. The van der Waals surface area contributed by atoms with E-state index in [1.165, 1.54) is 0 Å². The van der Waals surface area contributed by atoms with Crippen LogP contribution >= 0.6 is 22.6 Å². The zero-order valence-corrected chi connectivity index (χ0v) is 6.10. The third-order valence-corrected chi connectivity index (χ3v) is 1.29. The van der Waals surface area contributed by atoms with Crippen LogP contribution in [0.2, 0.25) is 0 Å². The van der Waals surface area contributed by atoms with Gasteiger partial charge in [0.25, 0.3) is 0 Å². The molecule has 0 radical (unpaired) electrons. The highest BCUT2D eigenvalue weighted by atomic mass is 127. The molecule has 1 rings (SSSR count). The minimum atomic E-state index is -0.654. The second kappa shape index (κ2) is 2.25. The SMILES string of the molecule is O=[N+]([O-])c1nonc1I. The zero-order valence-electron chi connectivity index (χ0n) is 3.94. The van der Waals surface area contributed by atoms with Crippen molar-refractivity contribution in [2.75, 3.05) is 0 Å². The van der Waals surface area contributed by atoms with E-state index in [4.69, 9.17) is 0 Å². The number of hydrogen-bond donors (Lipinski definition) is 0. The van der Waals surface area contributed by atoms with Gasteiger partial charge in [-0.25, -0.2) is 0 Å². The molecular weight excluding hydrogens is 241 g/mol. The fourth-order valence-electron chi connectivity index (χ4n) is 0.282. The molecule has 0 fully saturated rings. The molecule has 0 amide bonds. The van der Waals surface area contributed by atoms with E-state index in [0.29, 0.717) is 0 Å². The molecule has 0 saturated heterocycles. The highest BCUT2D eigenvalue weighted by molar-refractivity contribution is 14.1. The molecule has 1 aromatic heterocycles. The number of nitro groups is 1. The number of nitrogens with zero attached hydrogens (tertiary/aromatic N) is 3. The number of rotatable bonds is 1. The Morgan fingerprint density at radius 1 is 1.67 bits per heavy atom. The number of hydrogen-bond acceptors (Lipinski definition) is 5. The molecule has 0 aliphatic rings. The maximum atomic E-state index is 9.92. The largest absolute Gasteiger partial charge is 0.448 e. The number of halogens is 1. The lowest BCUT2D eigenvalue weighted by Gasteiger charge is -1.81. The van der Waals surface area contributed by atoms with Crippen LogP contribution in [0.4, 0.5) is 5.82 Å². The van der Waals surface area contributed by atoms with Crippen molar-refractivity contribution in [3.05, 3.63) is 13.8 Å². The predicted octanol–water partition coefficient (Wildman–Crippen LogP) is 0.582. The monoisotopic (exact) mass is 241 g/mol. The molecule has 9 heavy (non-hydrogen) atoms. The van der Waals surface area contributed by atoms with E-state index in [0.717, 1.165) is 0 Å². The summed E-state index contributed by atoms with van der Waals surface area (Å²) in [6.45, 7) is 0. The molecule has 1 heterocycles. The molecule has 7 heteroatoms. The van der Waals surface area contributed by atoms with Crippen molar-refractivity contribution >= 4 is 28.4 Å². The standard InChI is InChI=1S/C2IN3O3/c3-1-2(6(7)8)5-9-4-1. The van der Waals surface area contributed by atoms with Crippen LogP contribution in [0.3, 0.4) is 0 Å². The molecule has 0 aromatic carbocycles. The summed E-state index contributed by atoms with van der Waals surface area (Å²) in [4.78, 5) is 9.27. The topological polar surface area (TPSA) is 82.1 Å². The second-order valence-electron chi connectivity index (χ2n) is 1.14. The summed E-state index contributed by atoms with van der Waals surface area (Å²) in [5.74, 6) is -0.337. The third-order valence-electron chi connectivity index (χ3n) is 0.606. The lowest BCUT2D eigenvalue weighted by molar-refractivity contribution is -0.391. The summed E-state index contributed by atoms with van der Waals surface area (Å²) in [6, 6.07) is 0. The first-order chi connectivity index (χ1) is 4.22. The smallest absolute Gasteiger partial charge is 0.358 e. The minimum Gasteiger partial charge on any atom is -0.358 e. The molecule has 0 atom stereocenters. The third kappa shape index (κ3) is 1.15. The van der Waals surface area contributed by atoms with Gasteiger partial charge in [0, 0.05) is 0 Å². The molecule has 48 valence electrons. The van der Waals surface area contributed by atoms with Gasteiger partial charge in [0.05, 0.1) is 0 Å². The van der Waals surface area contributed by atoms with Crippen molar-refractivity contribution < 1.29 is 9.55 Å². The molecular formula is C2IN3O3. The molecule has 0 aliphatic carbocycles. The van der Waals surface area contributed by atoms with Crippen LogP contribution in [0.1, 0.15) is 0 Å². The summed E-state index contributed by atoms with van der Waals surface area (Å²) in [6.07, 6.45) is 0. The van der Waals surface area contributed by atoms with Gasteiger partial charge in [0.15, 0.2) is 5.16 Å². The van der Waals surface area contributed by atoms with Gasteiger partial charge in [-0.05, 0) is 32.7 Å². The Morgan fingerprint density at radius 2 is 2.33 bits per heavy atom. The van der Waals surface area contributed by atoms with Crippen LogP contribution in [0.5, 0.6) is 0 Å². The summed E-state index contributed by atoms with van der Waals surface area (Å²) in [5, 5.41) is 16.1. The lowest BCUT2D eigenvalue weighted by atomic mass is 10.8. The molecule has 0 saturated carbocycles. The van der Waals surface area contributed by atoms with Gasteiger partial charge >= 0.3 is 5.82 Å². The van der Waals surface area contributed by atoms with Crippen LogP contribution in [0, 0.1) is 13.8 Å². The van der Waals surface area contributed by atoms with Gasteiger partial charge in [-0.2, -0.15) is 0 Å². The van der Waals surface area contributed by atoms with Crippen molar-refractivity contribution in [2.45, 2.75) is 0 Å². The van der Waals surface area contributed by atoms with Crippen molar-refractivity contribution in [3.63, 3.8) is 0 Å². The molecule has 0 N–H and O–H groups in total. The van der Waals surface area contributed by atoms with E-state index < -0.39 is 4.92 Å². The predicted molar refractivity (Wildman–Crippen MR) is 33.7 cm³/mol. The van der Waals surface area contributed by atoms with Gasteiger partial charge in [0.1, 0.15) is 0 Å². The Bertz CT molecular complexity index is 233. The normalized spacial score (nSPS) is 9.44. The molecule has 0 unspecified atom stereocenters. The van der Waals surface area contributed by atoms with Gasteiger partial charge in [-0.15, -0.1) is 4.63 Å². The average molecular weight is 241 g/mol. The molecule has 0 spiro atoms. The van der Waals surface area contributed by atoms with E-state index in [1.807, 2.05) is 0 Å². The Labute approximate surface area is 62.5 Å². The second-order valence-corrected chi connectivity index (χ2v) is 2.16. The van der Waals surface area contributed by atoms with Crippen LogP contribution in [-0.2, 0) is 0 Å². The Kier molecular flexibility index (Phi) is 1.60. The summed E-state index contributed by atoms with van der Waals surface area (Å²) >= 11 is 1.66. The molecule has 1 aromatic rings. The van der Waals surface area contributed by atoms with Crippen LogP contribution < -0.4 is 0 Å². The van der Waals surface area contributed by atoms with Crippen molar-refractivity contribution in [1.29, 1.82) is 0 Å². The van der Waals surface area contributed by atoms with Gasteiger partial charge < -0.3 is 10.1 Å². The lowest BCUT2D eigenvalue weighted by Crippen LogP contribution is -1.89. The first-order valence-electron chi connectivity index (χ1n) is 1.84. The maximum absolute atomic E-state index is 9.92. The molecule has 0 bridgehead atoms. The fraction of sp³-hybridized carbons (Fsp3) is 0. The van der Waals surface area contributed by atoms with Crippen LogP contribution in [0.25, 0.3) is 0 Å². The van der Waals surface area contributed by atoms with E-state index >= 15 is 0 Å². The van der Waals surface area contributed by atoms with Gasteiger partial charge in [-0.3, -0.25) is 0 Å². The Balaban J connectivity index is 3.08. The first kappa shape index (κ1) is 6.39. The Morgan fingerprint density at radius 3 is 2.56 bits per heavy atom. The fourth-order valence-corrected chi connectivity index (χ4v) is 0.666. The maximum Gasteiger partial charge on any atom is 0.448 e. The average Bonchev–Trinajstić information content (AvgIpc) is 2.13. The van der Waals surface area contributed by atoms with Crippen molar-refractivity contribution in [1.82, 2.24) is 10.3 Å². The first-order valence-corrected chi connectivity index (χ1v) is 2.92. The van der Waals surface area contributed by atoms with Gasteiger partial charge in [0.2, 0.25) is 3.70 Å². The van der Waals surface area contributed by atoms with Gasteiger partial charge in [-0.1, -0.05) is 0 Å². The molecule has 0 aliphatic heterocycles. The molecule has 6 nitrogen and oxygen atoms in total. The van der Waals surface area contributed by atoms with E-state index in [1.54, 1.807) is 22.6 Å².